The Labute approximate surface area is 146 Å². The molecule has 1 aliphatic carbocycles. The summed E-state index contributed by atoms with van der Waals surface area (Å²) in [5.74, 6) is 1.87. The maximum atomic E-state index is 12.3. The number of nitrogens with two attached hydrogens (primary N) is 1. The Morgan fingerprint density at radius 2 is 2.13 bits per heavy atom. The van der Waals surface area contributed by atoms with Gasteiger partial charge in [0.15, 0.2) is 0 Å². The molecule has 3 rings (SSSR count). The van der Waals surface area contributed by atoms with Gasteiger partial charge in [-0.25, -0.2) is 0 Å². The molecule has 1 amide bonds. The third kappa shape index (κ3) is 3.76. The van der Waals surface area contributed by atoms with E-state index >= 15 is 0 Å². The average molecular weight is 357 g/mol. The Morgan fingerprint density at radius 1 is 1.30 bits per heavy atom. The van der Waals surface area contributed by atoms with Crippen LogP contribution in [-0.2, 0) is 4.79 Å². The molecular weight excluding hydrogens is 335 g/mol. The molecule has 0 radical (unpaired) electrons. The van der Waals surface area contributed by atoms with Crippen LogP contribution in [0.1, 0.15) is 25.7 Å². The average Bonchev–Trinajstić information content (AvgIpc) is 3.10. The van der Waals surface area contributed by atoms with Gasteiger partial charge < -0.3 is 15.4 Å². The van der Waals surface area contributed by atoms with Gasteiger partial charge in [-0.1, -0.05) is 29.3 Å². The fourth-order valence-corrected chi connectivity index (χ4v) is 4.02. The number of nitrogens with zero attached hydrogens (tertiary/aromatic N) is 1. The van der Waals surface area contributed by atoms with Crippen LogP contribution in [0.2, 0.25) is 10.0 Å². The third-order valence-electron chi connectivity index (χ3n) is 4.97. The highest BCUT2D eigenvalue weighted by Gasteiger charge is 2.42. The van der Waals surface area contributed by atoms with E-state index in [0.717, 1.165) is 25.9 Å². The lowest BCUT2D eigenvalue weighted by Gasteiger charge is -2.18. The molecule has 1 aromatic carbocycles. The predicted molar refractivity (Wildman–Crippen MR) is 92.0 cm³/mol. The fraction of sp³-hybridized carbons (Fsp3) is 0.588. The van der Waals surface area contributed by atoms with E-state index in [4.69, 9.17) is 33.7 Å². The Balaban J connectivity index is 1.41. The minimum absolute atomic E-state index is 0.201. The maximum absolute atomic E-state index is 12.3. The number of carbonyl (C=O) groups is 1. The van der Waals surface area contributed by atoms with Crippen LogP contribution < -0.4 is 10.5 Å². The van der Waals surface area contributed by atoms with Gasteiger partial charge in [0.1, 0.15) is 10.8 Å². The van der Waals surface area contributed by atoms with E-state index in [0.29, 0.717) is 47.1 Å². The second-order valence-corrected chi connectivity index (χ2v) is 7.25. The normalized spacial score (nSPS) is 26.4. The van der Waals surface area contributed by atoms with E-state index < -0.39 is 0 Å². The summed E-state index contributed by atoms with van der Waals surface area (Å²) in [6.45, 7) is 2.15. The van der Waals surface area contributed by atoms with Crippen LogP contribution in [0.4, 0.5) is 0 Å². The van der Waals surface area contributed by atoms with Crippen molar-refractivity contribution in [1.29, 1.82) is 0 Å². The van der Waals surface area contributed by atoms with Gasteiger partial charge in [0.05, 0.1) is 11.6 Å². The molecule has 1 aliphatic heterocycles. The quantitative estimate of drug-likeness (QED) is 0.823. The molecule has 3 unspecified atom stereocenters. The molecule has 1 heterocycles. The molecule has 23 heavy (non-hydrogen) atoms. The van der Waals surface area contributed by atoms with Crippen LogP contribution in [0.5, 0.6) is 5.75 Å². The SMILES string of the molecule is NC1CCC2CN(C(=O)CCCOc3cccc(Cl)c3Cl)CC12. The van der Waals surface area contributed by atoms with Crippen molar-refractivity contribution >= 4 is 29.1 Å². The molecule has 0 bridgehead atoms. The zero-order valence-electron chi connectivity index (χ0n) is 13.0. The highest BCUT2D eigenvalue weighted by Crippen LogP contribution is 2.37. The van der Waals surface area contributed by atoms with Gasteiger partial charge in [-0.05, 0) is 43.2 Å². The van der Waals surface area contributed by atoms with E-state index in [-0.39, 0.29) is 11.9 Å². The molecule has 6 heteroatoms. The Bertz CT molecular complexity index is 582. The zero-order valence-corrected chi connectivity index (χ0v) is 14.5. The monoisotopic (exact) mass is 356 g/mol. The summed E-state index contributed by atoms with van der Waals surface area (Å²) >= 11 is 12.0. The lowest BCUT2D eigenvalue weighted by atomic mass is 9.98. The molecule has 126 valence electrons. The van der Waals surface area contributed by atoms with Crippen LogP contribution in [-0.4, -0.2) is 36.5 Å². The molecule has 1 saturated carbocycles. The number of likely N-dealkylation sites (tertiary alicyclic amines) is 1. The van der Waals surface area contributed by atoms with Crippen molar-refractivity contribution in [3.63, 3.8) is 0 Å². The van der Waals surface area contributed by atoms with Gasteiger partial charge >= 0.3 is 0 Å². The minimum atomic E-state index is 0.201. The molecule has 2 aliphatic rings. The summed E-state index contributed by atoms with van der Waals surface area (Å²) in [5, 5.41) is 0.891. The van der Waals surface area contributed by atoms with E-state index in [2.05, 4.69) is 0 Å². The number of halogens is 2. The highest BCUT2D eigenvalue weighted by atomic mass is 35.5. The minimum Gasteiger partial charge on any atom is -0.492 e. The number of fused-ring (bicyclic) bond motifs is 1. The van der Waals surface area contributed by atoms with Gasteiger partial charge in [-0.3, -0.25) is 4.79 Å². The van der Waals surface area contributed by atoms with Gasteiger partial charge in [0.2, 0.25) is 5.91 Å². The van der Waals surface area contributed by atoms with Crippen LogP contribution >= 0.6 is 23.2 Å². The van der Waals surface area contributed by atoms with Crippen LogP contribution in [0.15, 0.2) is 18.2 Å². The van der Waals surface area contributed by atoms with E-state index in [1.54, 1.807) is 18.2 Å². The van der Waals surface area contributed by atoms with Gasteiger partial charge in [0.25, 0.3) is 0 Å². The third-order valence-corrected chi connectivity index (χ3v) is 5.78. The summed E-state index contributed by atoms with van der Waals surface area (Å²) < 4.78 is 5.62. The van der Waals surface area contributed by atoms with Crippen molar-refractivity contribution in [2.45, 2.75) is 31.7 Å². The van der Waals surface area contributed by atoms with Gasteiger partial charge in [-0.15, -0.1) is 0 Å². The van der Waals surface area contributed by atoms with Crippen molar-refractivity contribution < 1.29 is 9.53 Å². The van der Waals surface area contributed by atoms with Crippen molar-refractivity contribution in [1.82, 2.24) is 4.90 Å². The van der Waals surface area contributed by atoms with Crippen LogP contribution in [0.25, 0.3) is 0 Å². The molecule has 2 N–H and O–H groups in total. The van der Waals surface area contributed by atoms with Crippen molar-refractivity contribution in [3.8, 4) is 5.75 Å². The molecule has 1 aromatic rings. The largest absolute Gasteiger partial charge is 0.492 e. The number of ether oxygens (including phenoxy) is 1. The van der Waals surface area contributed by atoms with Crippen molar-refractivity contribution in [2.24, 2.45) is 17.6 Å². The number of amides is 1. The van der Waals surface area contributed by atoms with E-state index in [1.165, 1.54) is 0 Å². The van der Waals surface area contributed by atoms with Crippen LogP contribution in [0.3, 0.4) is 0 Å². The highest BCUT2D eigenvalue weighted by molar-refractivity contribution is 6.42. The first-order valence-electron chi connectivity index (χ1n) is 8.16. The molecule has 1 saturated heterocycles. The van der Waals surface area contributed by atoms with E-state index in [9.17, 15) is 4.79 Å². The van der Waals surface area contributed by atoms with Crippen molar-refractivity contribution in [3.05, 3.63) is 28.2 Å². The van der Waals surface area contributed by atoms with Gasteiger partial charge in [-0.2, -0.15) is 0 Å². The molecule has 2 fully saturated rings. The first-order valence-corrected chi connectivity index (χ1v) is 8.92. The second kappa shape index (κ2) is 7.29. The Kier molecular flexibility index (Phi) is 5.34. The lowest BCUT2D eigenvalue weighted by Crippen LogP contribution is -2.33. The topological polar surface area (TPSA) is 55.6 Å². The van der Waals surface area contributed by atoms with Crippen molar-refractivity contribution in [2.75, 3.05) is 19.7 Å². The molecule has 4 nitrogen and oxygen atoms in total. The Morgan fingerprint density at radius 3 is 2.91 bits per heavy atom. The molecule has 0 spiro atoms. The van der Waals surface area contributed by atoms with Crippen LogP contribution in [0, 0.1) is 11.8 Å². The Hall–Kier alpha value is -0.970. The first kappa shape index (κ1) is 16.9. The number of rotatable bonds is 5. The second-order valence-electron chi connectivity index (χ2n) is 6.47. The van der Waals surface area contributed by atoms with Gasteiger partial charge in [0, 0.05) is 25.6 Å². The summed E-state index contributed by atoms with van der Waals surface area (Å²) in [7, 11) is 0. The zero-order chi connectivity index (χ0) is 16.4. The number of hydrogen-bond acceptors (Lipinski definition) is 3. The molecule has 0 aromatic heterocycles. The summed E-state index contributed by atoms with van der Waals surface area (Å²) in [6.07, 6.45) is 3.42. The number of hydrogen-bond donors (Lipinski definition) is 1. The van der Waals surface area contributed by atoms with E-state index in [1.807, 2.05) is 4.90 Å². The standard InChI is InChI=1S/C17H22Cl2N2O2/c18-13-3-1-4-15(17(13)19)23-8-2-5-16(22)21-9-11-6-7-14(20)12(11)10-21/h1,3-4,11-12,14H,2,5-10,20H2. The molecular formula is C17H22Cl2N2O2. The smallest absolute Gasteiger partial charge is 0.222 e. The summed E-state index contributed by atoms with van der Waals surface area (Å²) in [5.41, 5.74) is 6.11. The summed E-state index contributed by atoms with van der Waals surface area (Å²) in [4.78, 5) is 14.3. The number of carbonyl (C=O) groups excluding carboxylic acids is 1. The maximum Gasteiger partial charge on any atom is 0.222 e. The predicted octanol–water partition coefficient (Wildman–Crippen LogP) is 3.35. The fourth-order valence-electron chi connectivity index (χ4n) is 3.67. The summed E-state index contributed by atoms with van der Waals surface area (Å²) in [6, 6.07) is 5.56. The lowest BCUT2D eigenvalue weighted by molar-refractivity contribution is -0.130. The molecule has 3 atom stereocenters. The number of benzene rings is 1. The first-order chi connectivity index (χ1) is 11.1.